The third kappa shape index (κ3) is 3.85. The van der Waals surface area contributed by atoms with Crippen LogP contribution in [0, 0.1) is 0 Å². The topological polar surface area (TPSA) is 45.0 Å². The average Bonchev–Trinajstić information content (AvgIpc) is 3.05. The molecule has 1 amide bonds. The van der Waals surface area contributed by atoms with Crippen LogP contribution in [-0.4, -0.2) is 23.0 Å². The van der Waals surface area contributed by atoms with Crippen LogP contribution in [0.4, 0.5) is 0 Å². The quantitative estimate of drug-likeness (QED) is 0.419. The number of hydrogen-bond acceptors (Lipinski definition) is 3. The fourth-order valence-corrected chi connectivity index (χ4v) is 3.19. The van der Waals surface area contributed by atoms with Crippen molar-refractivity contribution in [3.63, 3.8) is 0 Å². The van der Waals surface area contributed by atoms with Crippen molar-refractivity contribution in [3.05, 3.63) is 112 Å². The zero-order chi connectivity index (χ0) is 19.3. The second-order valence-electron chi connectivity index (χ2n) is 6.12. The van der Waals surface area contributed by atoms with E-state index >= 15 is 0 Å². The molecule has 0 aromatic heterocycles. The van der Waals surface area contributed by atoms with Gasteiger partial charge in [-0.25, -0.2) is 4.99 Å². The highest BCUT2D eigenvalue weighted by atomic mass is 79.9. The van der Waals surface area contributed by atoms with E-state index in [1.54, 1.807) is 12.3 Å². The van der Waals surface area contributed by atoms with E-state index < -0.39 is 0 Å². The average molecular weight is 430 g/mol. The second kappa shape index (κ2) is 8.15. The van der Waals surface area contributed by atoms with Gasteiger partial charge in [0.2, 0.25) is 0 Å². The number of rotatable bonds is 4. The van der Waals surface area contributed by atoms with Crippen molar-refractivity contribution in [3.8, 4) is 0 Å². The number of amidine groups is 1. The van der Waals surface area contributed by atoms with Gasteiger partial charge in [0.1, 0.15) is 5.70 Å². The maximum absolute atomic E-state index is 13.0. The van der Waals surface area contributed by atoms with Crippen LogP contribution in [0.15, 0.2) is 105 Å². The van der Waals surface area contributed by atoms with E-state index in [1.165, 1.54) is 5.01 Å². The highest BCUT2D eigenvalue weighted by molar-refractivity contribution is 9.10. The first kappa shape index (κ1) is 18.1. The lowest BCUT2D eigenvalue weighted by molar-refractivity contribution is -0.122. The Morgan fingerprint density at radius 1 is 0.857 bits per heavy atom. The van der Waals surface area contributed by atoms with Gasteiger partial charge in [0, 0.05) is 10.0 Å². The highest BCUT2D eigenvalue weighted by Crippen LogP contribution is 2.25. The predicted octanol–water partition coefficient (Wildman–Crippen LogP) is 5.11. The molecule has 1 heterocycles. The maximum Gasteiger partial charge on any atom is 0.298 e. The Bertz CT molecular complexity index is 1090. The van der Waals surface area contributed by atoms with Crippen LogP contribution >= 0.6 is 15.9 Å². The van der Waals surface area contributed by atoms with Gasteiger partial charge >= 0.3 is 0 Å². The smallest absolute Gasteiger partial charge is 0.265 e. The van der Waals surface area contributed by atoms with Gasteiger partial charge in [-0.2, -0.15) is 10.1 Å². The van der Waals surface area contributed by atoms with Crippen LogP contribution in [0.1, 0.15) is 16.7 Å². The fraction of sp³-hybridized carbons (Fsp3) is 0. The third-order valence-electron chi connectivity index (χ3n) is 4.19. The van der Waals surface area contributed by atoms with Crippen molar-refractivity contribution in [1.29, 1.82) is 0 Å². The minimum absolute atomic E-state index is 0.262. The Kier molecular flexibility index (Phi) is 5.26. The Hall–Kier alpha value is -3.31. The van der Waals surface area contributed by atoms with Crippen molar-refractivity contribution in [1.82, 2.24) is 5.01 Å². The number of amides is 1. The van der Waals surface area contributed by atoms with Crippen LogP contribution in [0.25, 0.3) is 6.08 Å². The van der Waals surface area contributed by atoms with Crippen molar-refractivity contribution in [2.45, 2.75) is 0 Å². The molecule has 1 aliphatic rings. The number of benzene rings is 3. The van der Waals surface area contributed by atoms with Gasteiger partial charge < -0.3 is 0 Å². The molecular formula is C23H16BrN3O. The predicted molar refractivity (Wildman–Crippen MR) is 116 cm³/mol. The number of carbonyl (C=O) groups is 1. The largest absolute Gasteiger partial charge is 0.298 e. The van der Waals surface area contributed by atoms with Crippen molar-refractivity contribution in [2.75, 3.05) is 0 Å². The summed E-state index contributed by atoms with van der Waals surface area (Å²) < 4.78 is 0.901. The third-order valence-corrected chi connectivity index (χ3v) is 4.91. The van der Waals surface area contributed by atoms with Gasteiger partial charge in [0.15, 0.2) is 5.84 Å². The van der Waals surface area contributed by atoms with E-state index in [-0.39, 0.29) is 5.91 Å². The summed E-state index contributed by atoms with van der Waals surface area (Å²) in [4.78, 5) is 17.6. The van der Waals surface area contributed by atoms with Crippen LogP contribution in [0.5, 0.6) is 0 Å². The van der Waals surface area contributed by atoms with Crippen LogP contribution < -0.4 is 0 Å². The Morgan fingerprint density at radius 3 is 2.21 bits per heavy atom. The summed E-state index contributed by atoms with van der Waals surface area (Å²) in [6.45, 7) is 0. The fourth-order valence-electron chi connectivity index (χ4n) is 2.79. The molecule has 0 N–H and O–H groups in total. The van der Waals surface area contributed by atoms with E-state index in [0.717, 1.165) is 21.2 Å². The summed E-state index contributed by atoms with van der Waals surface area (Å²) in [5.41, 5.74) is 2.97. The lowest BCUT2D eigenvalue weighted by Crippen LogP contribution is -2.27. The van der Waals surface area contributed by atoms with Crippen LogP contribution in [0.2, 0.25) is 0 Å². The number of halogens is 1. The zero-order valence-corrected chi connectivity index (χ0v) is 16.5. The molecule has 3 aromatic rings. The highest BCUT2D eigenvalue weighted by Gasteiger charge is 2.31. The first-order valence-corrected chi connectivity index (χ1v) is 9.55. The molecule has 4 rings (SSSR count). The molecule has 0 fully saturated rings. The molecule has 0 spiro atoms. The lowest BCUT2D eigenvalue weighted by atomic mass is 10.2. The summed E-state index contributed by atoms with van der Waals surface area (Å²) in [5.74, 6) is 0.248. The normalized spacial score (nSPS) is 15.5. The van der Waals surface area contributed by atoms with Crippen molar-refractivity contribution in [2.24, 2.45) is 10.1 Å². The summed E-state index contributed by atoms with van der Waals surface area (Å²) in [5, 5.41) is 5.77. The SMILES string of the molecule is O=C1/C(=C/c2ccccc2Br)N=C(c2ccccc2)N1/N=C/c1ccccc1. The Labute approximate surface area is 171 Å². The molecule has 4 nitrogen and oxygen atoms in total. The number of aliphatic imine (C=N–C) groups is 1. The minimum atomic E-state index is -0.262. The van der Waals surface area contributed by atoms with Gasteiger partial charge in [-0.3, -0.25) is 4.79 Å². The Morgan fingerprint density at radius 2 is 1.50 bits per heavy atom. The summed E-state index contributed by atoms with van der Waals surface area (Å²) in [7, 11) is 0. The van der Waals surface area contributed by atoms with E-state index in [2.05, 4.69) is 26.0 Å². The molecule has 0 saturated heterocycles. The van der Waals surface area contributed by atoms with E-state index in [9.17, 15) is 4.79 Å². The van der Waals surface area contributed by atoms with Crippen LogP contribution in [-0.2, 0) is 4.79 Å². The minimum Gasteiger partial charge on any atom is -0.265 e. The van der Waals surface area contributed by atoms with Crippen LogP contribution in [0.3, 0.4) is 0 Å². The molecule has 0 radical (unpaired) electrons. The Balaban J connectivity index is 1.75. The summed E-state index contributed by atoms with van der Waals surface area (Å²) in [6, 6.07) is 26.9. The van der Waals surface area contributed by atoms with Gasteiger partial charge in [-0.05, 0) is 23.3 Å². The molecule has 0 atom stereocenters. The van der Waals surface area contributed by atoms with E-state index in [4.69, 9.17) is 0 Å². The first-order valence-electron chi connectivity index (χ1n) is 8.76. The number of nitrogens with zero attached hydrogens (tertiary/aromatic N) is 3. The van der Waals surface area contributed by atoms with Gasteiger partial charge in [-0.1, -0.05) is 94.8 Å². The molecule has 0 aliphatic carbocycles. The molecule has 136 valence electrons. The summed E-state index contributed by atoms with van der Waals surface area (Å²) >= 11 is 3.51. The molecule has 0 bridgehead atoms. The maximum atomic E-state index is 13.0. The molecular weight excluding hydrogens is 414 g/mol. The zero-order valence-electron chi connectivity index (χ0n) is 14.9. The van der Waals surface area contributed by atoms with Crippen molar-refractivity contribution >= 4 is 40.0 Å². The monoisotopic (exact) mass is 429 g/mol. The molecule has 3 aromatic carbocycles. The summed E-state index contributed by atoms with van der Waals surface area (Å²) in [6.07, 6.45) is 3.44. The molecule has 0 saturated carbocycles. The lowest BCUT2D eigenvalue weighted by Gasteiger charge is -2.11. The molecule has 5 heteroatoms. The van der Waals surface area contributed by atoms with Gasteiger partial charge in [0.05, 0.1) is 6.21 Å². The van der Waals surface area contributed by atoms with E-state index in [0.29, 0.717) is 11.5 Å². The number of hydrogen-bond donors (Lipinski definition) is 0. The van der Waals surface area contributed by atoms with Gasteiger partial charge in [-0.15, -0.1) is 0 Å². The standard InChI is InChI=1S/C23H16BrN3O/c24-20-14-8-7-13-19(20)15-21-23(28)27(25-16-17-9-3-1-4-10-17)22(26-21)18-11-5-2-6-12-18/h1-16H/b21-15-,25-16+. The first-order chi connectivity index (χ1) is 13.7. The molecule has 0 unspecified atom stereocenters. The molecule has 28 heavy (non-hydrogen) atoms. The number of carbonyl (C=O) groups excluding carboxylic acids is 1. The van der Waals surface area contributed by atoms with Gasteiger partial charge in [0.25, 0.3) is 5.91 Å². The number of hydrazone groups is 1. The van der Waals surface area contributed by atoms with E-state index in [1.807, 2.05) is 84.9 Å². The second-order valence-corrected chi connectivity index (χ2v) is 6.98. The molecule has 1 aliphatic heterocycles. The van der Waals surface area contributed by atoms with Crippen molar-refractivity contribution < 1.29 is 4.79 Å².